The summed E-state index contributed by atoms with van der Waals surface area (Å²) >= 11 is 0. The van der Waals surface area contributed by atoms with Crippen LogP contribution in [0.4, 0.5) is 5.69 Å². The van der Waals surface area contributed by atoms with Gasteiger partial charge in [-0.3, -0.25) is 9.59 Å². The lowest BCUT2D eigenvalue weighted by Crippen LogP contribution is -2.23. The monoisotopic (exact) mass is 466 g/mol. The van der Waals surface area contributed by atoms with Crippen molar-refractivity contribution in [2.45, 2.75) is 40.0 Å². The minimum Gasteiger partial charge on any atom is -0.455 e. The third kappa shape index (κ3) is 4.57. The minimum absolute atomic E-state index is 0.270. The number of aromatic nitrogens is 1. The molecule has 0 saturated heterocycles. The lowest BCUT2D eigenvalue weighted by Gasteiger charge is -2.13. The number of carbonyl (C=O) groups is 2. The average molecular weight is 467 g/mol. The molecule has 2 heterocycles. The molecule has 0 radical (unpaired) electrons. The highest BCUT2D eigenvalue weighted by Crippen LogP contribution is 2.30. The van der Waals surface area contributed by atoms with Crippen LogP contribution in [0.3, 0.4) is 0 Å². The molecule has 176 valence electrons. The Kier molecular flexibility index (Phi) is 5.91. The van der Waals surface area contributed by atoms with E-state index in [0.29, 0.717) is 24.2 Å². The number of aryl methyl sites for hydroxylation is 3. The summed E-state index contributed by atoms with van der Waals surface area (Å²) < 4.78 is 5.98. The van der Waals surface area contributed by atoms with Gasteiger partial charge in [-0.2, -0.15) is 5.10 Å². The van der Waals surface area contributed by atoms with E-state index in [9.17, 15) is 9.59 Å². The number of benzene rings is 2. The van der Waals surface area contributed by atoms with Crippen LogP contribution in [0.15, 0.2) is 64.1 Å². The van der Waals surface area contributed by atoms with E-state index in [1.54, 1.807) is 6.07 Å². The molecule has 0 fully saturated rings. The summed E-state index contributed by atoms with van der Waals surface area (Å²) in [6.07, 6.45) is 2.21. The summed E-state index contributed by atoms with van der Waals surface area (Å²) in [7, 11) is 0. The number of amides is 2. The Labute approximate surface area is 203 Å². The number of hydrazone groups is 1. The van der Waals surface area contributed by atoms with Crippen LogP contribution in [0.25, 0.3) is 10.9 Å². The van der Waals surface area contributed by atoms with Crippen molar-refractivity contribution in [1.29, 1.82) is 0 Å². The number of anilines is 1. The Morgan fingerprint density at radius 2 is 1.71 bits per heavy atom. The maximum absolute atomic E-state index is 13.0. The summed E-state index contributed by atoms with van der Waals surface area (Å²) in [6.45, 7) is 5.83. The Balaban J connectivity index is 1.38. The van der Waals surface area contributed by atoms with Crippen LogP contribution in [0, 0.1) is 20.8 Å². The van der Waals surface area contributed by atoms with E-state index in [1.807, 2.05) is 63.2 Å². The number of para-hydroxylation sites is 1. The Morgan fingerprint density at radius 1 is 0.943 bits per heavy atom. The molecular weight excluding hydrogens is 440 g/mol. The van der Waals surface area contributed by atoms with Crippen molar-refractivity contribution in [3.63, 3.8) is 0 Å². The van der Waals surface area contributed by atoms with Crippen molar-refractivity contribution >= 4 is 34.1 Å². The highest BCUT2D eigenvalue weighted by Gasteiger charge is 2.28. The fraction of sp³-hybridized carbons (Fsp3) is 0.214. The van der Waals surface area contributed by atoms with E-state index < -0.39 is 0 Å². The molecule has 0 atom stereocenters. The van der Waals surface area contributed by atoms with E-state index in [-0.39, 0.29) is 17.6 Å². The lowest BCUT2D eigenvalue weighted by atomic mass is 9.93. The molecule has 7 nitrogen and oxygen atoms in total. The number of nitrogens with zero attached hydrogens (tertiary/aromatic N) is 2. The maximum Gasteiger partial charge on any atom is 0.291 e. The molecule has 0 bridgehead atoms. The van der Waals surface area contributed by atoms with Crippen LogP contribution in [0.5, 0.6) is 0 Å². The molecule has 0 spiro atoms. The third-order valence-electron chi connectivity index (χ3n) is 6.13. The van der Waals surface area contributed by atoms with Gasteiger partial charge in [0.15, 0.2) is 5.76 Å². The summed E-state index contributed by atoms with van der Waals surface area (Å²) in [5.74, 6) is 0.303. The van der Waals surface area contributed by atoms with Crippen molar-refractivity contribution in [3.8, 4) is 0 Å². The predicted molar refractivity (Wildman–Crippen MR) is 136 cm³/mol. The lowest BCUT2D eigenvalue weighted by molar-refractivity contribution is 0.0949. The number of hydrogen-bond donors (Lipinski definition) is 2. The number of furan rings is 1. The Bertz CT molecular complexity index is 1480. The first-order valence-corrected chi connectivity index (χ1v) is 11.6. The minimum atomic E-state index is -0.385. The number of hydrogen-bond acceptors (Lipinski definition) is 5. The zero-order chi connectivity index (χ0) is 24.5. The number of rotatable bonds is 4. The summed E-state index contributed by atoms with van der Waals surface area (Å²) in [5, 5.41) is 8.31. The van der Waals surface area contributed by atoms with Crippen LogP contribution in [0.2, 0.25) is 0 Å². The van der Waals surface area contributed by atoms with E-state index >= 15 is 0 Å². The van der Waals surface area contributed by atoms with Crippen molar-refractivity contribution in [2.75, 3.05) is 5.32 Å². The van der Waals surface area contributed by atoms with Gasteiger partial charge in [0.1, 0.15) is 11.5 Å². The number of pyridine rings is 1. The van der Waals surface area contributed by atoms with Gasteiger partial charge in [0, 0.05) is 28.6 Å². The molecule has 35 heavy (non-hydrogen) atoms. The van der Waals surface area contributed by atoms with Crippen LogP contribution in [0.1, 0.15) is 61.9 Å². The molecule has 7 heteroatoms. The van der Waals surface area contributed by atoms with Crippen molar-refractivity contribution in [1.82, 2.24) is 10.4 Å². The normalized spacial score (nSPS) is 14.1. The zero-order valence-electron chi connectivity index (χ0n) is 19.9. The summed E-state index contributed by atoms with van der Waals surface area (Å²) in [6, 6.07) is 17.1. The van der Waals surface area contributed by atoms with Crippen molar-refractivity contribution in [2.24, 2.45) is 5.10 Å². The average Bonchev–Trinajstić information content (AvgIpc) is 3.18. The van der Waals surface area contributed by atoms with Crippen LogP contribution in [-0.4, -0.2) is 22.5 Å². The van der Waals surface area contributed by atoms with Crippen molar-refractivity contribution in [3.05, 3.63) is 94.1 Å². The molecule has 2 N–H and O–H groups in total. The highest BCUT2D eigenvalue weighted by molar-refractivity contribution is 6.09. The van der Waals surface area contributed by atoms with Crippen molar-refractivity contribution < 1.29 is 14.0 Å². The topological polar surface area (TPSA) is 96.6 Å². The van der Waals surface area contributed by atoms with Gasteiger partial charge in [0.25, 0.3) is 11.8 Å². The van der Waals surface area contributed by atoms with Crippen LogP contribution < -0.4 is 10.7 Å². The van der Waals surface area contributed by atoms with Crippen LogP contribution >= 0.6 is 0 Å². The first-order chi connectivity index (χ1) is 16.9. The van der Waals surface area contributed by atoms with Gasteiger partial charge in [0.2, 0.25) is 0 Å². The van der Waals surface area contributed by atoms with Gasteiger partial charge in [-0.05, 0) is 69.0 Å². The first kappa shape index (κ1) is 22.5. The van der Waals surface area contributed by atoms with Gasteiger partial charge >= 0.3 is 0 Å². The summed E-state index contributed by atoms with van der Waals surface area (Å²) in [5.41, 5.74) is 8.77. The fourth-order valence-electron chi connectivity index (χ4n) is 4.60. The second-order valence-electron chi connectivity index (χ2n) is 8.93. The second kappa shape index (κ2) is 9.18. The largest absolute Gasteiger partial charge is 0.455 e. The van der Waals surface area contributed by atoms with Gasteiger partial charge in [-0.25, -0.2) is 10.4 Å². The molecule has 0 aliphatic heterocycles. The fourth-order valence-corrected chi connectivity index (χ4v) is 4.60. The van der Waals surface area contributed by atoms with Gasteiger partial charge in [-0.1, -0.05) is 30.3 Å². The zero-order valence-corrected chi connectivity index (χ0v) is 19.9. The predicted octanol–water partition coefficient (Wildman–Crippen LogP) is 5.48. The highest BCUT2D eigenvalue weighted by atomic mass is 16.4. The quantitative estimate of drug-likeness (QED) is 0.390. The third-order valence-corrected chi connectivity index (χ3v) is 6.13. The molecule has 2 aromatic heterocycles. The van der Waals surface area contributed by atoms with Crippen LogP contribution in [-0.2, 0) is 6.42 Å². The molecule has 1 aliphatic carbocycles. The van der Waals surface area contributed by atoms with Gasteiger partial charge in [0.05, 0.1) is 11.2 Å². The molecule has 0 saturated carbocycles. The molecular formula is C28H26N4O3. The second-order valence-corrected chi connectivity index (χ2v) is 8.93. The van der Waals surface area contributed by atoms with Gasteiger partial charge in [-0.15, -0.1) is 0 Å². The number of nitrogens with one attached hydrogen (secondary N) is 2. The Morgan fingerprint density at radius 3 is 2.51 bits per heavy atom. The molecule has 1 aliphatic rings. The van der Waals surface area contributed by atoms with E-state index in [0.717, 1.165) is 51.0 Å². The summed E-state index contributed by atoms with van der Waals surface area (Å²) in [4.78, 5) is 30.2. The molecule has 2 amide bonds. The first-order valence-electron chi connectivity index (χ1n) is 11.6. The Hall–Kier alpha value is -4.26. The van der Waals surface area contributed by atoms with Gasteiger partial charge < -0.3 is 9.73 Å². The number of carbonyl (C=O) groups excluding carboxylic acids is 2. The molecule has 2 aromatic carbocycles. The number of fused-ring (bicyclic) bond motifs is 2. The molecule has 5 rings (SSSR count). The standard InChI is InChI=1S/C28H26N4O3/c1-16-13-17(2)15-20(14-16)29-28(34)26-18(3)25-22(9-6-10-24(25)35-26)31-32-27(33)23-12-11-19-7-4-5-8-21(19)30-23/h4-5,7-8,11-15H,6,9-10H2,1-3H3,(H,29,34)(H,32,33)/b31-22+. The SMILES string of the molecule is Cc1cc(C)cc(NC(=O)c2oc3c(c2C)/C(=N/NC(=O)c2ccc4ccccc4n2)CCC3)c1. The molecule has 0 unspecified atom stereocenters. The van der Waals surface area contributed by atoms with E-state index in [2.05, 4.69) is 26.9 Å². The smallest absolute Gasteiger partial charge is 0.291 e. The molecule has 4 aromatic rings. The van der Waals surface area contributed by atoms with E-state index in [1.165, 1.54) is 0 Å². The van der Waals surface area contributed by atoms with E-state index in [4.69, 9.17) is 4.42 Å². The maximum atomic E-state index is 13.0.